The van der Waals surface area contributed by atoms with Gasteiger partial charge < -0.3 is 15.2 Å². The molecule has 0 aliphatic heterocycles. The molecule has 6 heteroatoms. The quantitative estimate of drug-likeness (QED) is 0.711. The molecular formula is C11H17N3O3. The first-order valence-corrected chi connectivity index (χ1v) is 5.42. The van der Waals surface area contributed by atoms with Crippen molar-refractivity contribution in [3.05, 3.63) is 18.1 Å². The summed E-state index contributed by atoms with van der Waals surface area (Å²) in [6, 6.07) is 0. The molecule has 0 fully saturated rings. The van der Waals surface area contributed by atoms with Crippen molar-refractivity contribution >= 4 is 11.8 Å². The van der Waals surface area contributed by atoms with Crippen LogP contribution in [0.2, 0.25) is 0 Å². The largest absolute Gasteiger partial charge is 0.464 e. The average molecular weight is 239 g/mol. The van der Waals surface area contributed by atoms with Gasteiger partial charge >= 0.3 is 5.97 Å². The minimum absolute atomic E-state index is 0.163. The lowest BCUT2D eigenvalue weighted by atomic mass is 10.1. The van der Waals surface area contributed by atoms with Crippen LogP contribution in [0.25, 0.3) is 0 Å². The lowest BCUT2D eigenvalue weighted by Crippen LogP contribution is -2.15. The SMILES string of the molecule is COC(=O)c1cncc(NCC(C)CCO)n1. The first kappa shape index (κ1) is 13.4. The summed E-state index contributed by atoms with van der Waals surface area (Å²) in [6.07, 6.45) is 3.61. The molecule has 1 aromatic rings. The monoisotopic (exact) mass is 239 g/mol. The highest BCUT2D eigenvalue weighted by atomic mass is 16.5. The van der Waals surface area contributed by atoms with E-state index in [9.17, 15) is 4.79 Å². The number of aliphatic hydroxyl groups is 1. The first-order valence-electron chi connectivity index (χ1n) is 5.42. The van der Waals surface area contributed by atoms with Gasteiger partial charge in [-0.2, -0.15) is 0 Å². The number of anilines is 1. The van der Waals surface area contributed by atoms with Crippen LogP contribution in [-0.2, 0) is 4.74 Å². The maximum Gasteiger partial charge on any atom is 0.358 e. The normalized spacial score (nSPS) is 11.9. The highest BCUT2D eigenvalue weighted by molar-refractivity contribution is 5.87. The summed E-state index contributed by atoms with van der Waals surface area (Å²) in [5.74, 6) is 0.339. The number of aromatic nitrogens is 2. The molecule has 0 aliphatic carbocycles. The van der Waals surface area contributed by atoms with E-state index in [1.54, 1.807) is 0 Å². The fourth-order valence-electron chi connectivity index (χ4n) is 1.26. The number of esters is 1. The number of nitrogens with one attached hydrogen (secondary N) is 1. The Morgan fingerprint density at radius 1 is 1.59 bits per heavy atom. The van der Waals surface area contributed by atoms with E-state index in [4.69, 9.17) is 5.11 Å². The molecule has 0 saturated heterocycles. The third-order valence-corrected chi connectivity index (χ3v) is 2.28. The second-order valence-electron chi connectivity index (χ2n) is 3.78. The number of nitrogens with zero attached hydrogens (tertiary/aromatic N) is 2. The highest BCUT2D eigenvalue weighted by Gasteiger charge is 2.08. The predicted octanol–water partition coefficient (Wildman–Crippen LogP) is 0.694. The van der Waals surface area contributed by atoms with Crippen LogP contribution in [0, 0.1) is 5.92 Å². The van der Waals surface area contributed by atoms with E-state index in [0.717, 1.165) is 6.42 Å². The molecule has 94 valence electrons. The molecular weight excluding hydrogens is 222 g/mol. The molecule has 0 spiro atoms. The van der Waals surface area contributed by atoms with Crippen molar-refractivity contribution < 1.29 is 14.6 Å². The van der Waals surface area contributed by atoms with Gasteiger partial charge in [0.05, 0.1) is 19.5 Å². The molecule has 2 N–H and O–H groups in total. The van der Waals surface area contributed by atoms with E-state index in [0.29, 0.717) is 18.3 Å². The van der Waals surface area contributed by atoms with Crippen LogP contribution >= 0.6 is 0 Å². The zero-order valence-electron chi connectivity index (χ0n) is 10.0. The summed E-state index contributed by atoms with van der Waals surface area (Å²) < 4.78 is 4.55. The summed E-state index contributed by atoms with van der Waals surface area (Å²) in [6.45, 7) is 2.84. The van der Waals surface area contributed by atoms with Gasteiger partial charge in [-0.15, -0.1) is 0 Å². The molecule has 1 rings (SSSR count). The Labute approximate surface area is 100 Å². The van der Waals surface area contributed by atoms with Crippen LogP contribution in [-0.4, -0.2) is 41.3 Å². The van der Waals surface area contributed by atoms with Crippen molar-refractivity contribution in [1.82, 2.24) is 9.97 Å². The van der Waals surface area contributed by atoms with Crippen molar-refractivity contribution in [1.29, 1.82) is 0 Å². The molecule has 0 bridgehead atoms. The van der Waals surface area contributed by atoms with Gasteiger partial charge in [-0.1, -0.05) is 6.92 Å². The second kappa shape index (κ2) is 6.80. The van der Waals surface area contributed by atoms with Gasteiger partial charge in [0.15, 0.2) is 5.69 Å². The number of ether oxygens (including phenoxy) is 1. The van der Waals surface area contributed by atoms with E-state index in [1.165, 1.54) is 19.5 Å². The Kier molecular flexibility index (Phi) is 5.35. The molecule has 0 saturated carbocycles. The van der Waals surface area contributed by atoms with Crippen molar-refractivity contribution in [2.45, 2.75) is 13.3 Å². The Morgan fingerprint density at radius 2 is 2.35 bits per heavy atom. The Morgan fingerprint density at radius 3 is 3.00 bits per heavy atom. The van der Waals surface area contributed by atoms with Gasteiger partial charge in [0.1, 0.15) is 5.82 Å². The van der Waals surface area contributed by atoms with E-state index >= 15 is 0 Å². The summed E-state index contributed by atoms with van der Waals surface area (Å²) in [5, 5.41) is 11.8. The van der Waals surface area contributed by atoms with E-state index in [-0.39, 0.29) is 12.3 Å². The van der Waals surface area contributed by atoms with Gasteiger partial charge in [0, 0.05) is 13.2 Å². The highest BCUT2D eigenvalue weighted by Crippen LogP contribution is 2.06. The lowest BCUT2D eigenvalue weighted by Gasteiger charge is -2.11. The Hall–Kier alpha value is -1.69. The van der Waals surface area contributed by atoms with Gasteiger partial charge in [0.25, 0.3) is 0 Å². The molecule has 1 aromatic heterocycles. The summed E-state index contributed by atoms with van der Waals surface area (Å²) >= 11 is 0. The number of carbonyl (C=O) groups is 1. The average Bonchev–Trinajstić information content (AvgIpc) is 2.36. The van der Waals surface area contributed by atoms with Crippen LogP contribution in [0.5, 0.6) is 0 Å². The summed E-state index contributed by atoms with van der Waals surface area (Å²) in [7, 11) is 1.30. The molecule has 0 aliphatic rings. The second-order valence-corrected chi connectivity index (χ2v) is 3.78. The Balaban J connectivity index is 2.57. The third kappa shape index (κ3) is 4.36. The molecule has 1 unspecified atom stereocenters. The number of methoxy groups -OCH3 is 1. The fourth-order valence-corrected chi connectivity index (χ4v) is 1.26. The number of carbonyl (C=O) groups excluding carboxylic acids is 1. The zero-order valence-corrected chi connectivity index (χ0v) is 10.0. The van der Waals surface area contributed by atoms with Crippen LogP contribution in [0.3, 0.4) is 0 Å². The third-order valence-electron chi connectivity index (χ3n) is 2.28. The van der Waals surface area contributed by atoms with Crippen molar-refractivity contribution in [2.75, 3.05) is 25.6 Å². The molecule has 17 heavy (non-hydrogen) atoms. The van der Waals surface area contributed by atoms with Crippen molar-refractivity contribution in [2.24, 2.45) is 5.92 Å². The standard InChI is InChI=1S/C11H17N3O3/c1-8(3-4-15)5-13-10-7-12-6-9(14-10)11(16)17-2/h6-8,15H,3-5H2,1-2H3,(H,13,14). The minimum Gasteiger partial charge on any atom is -0.464 e. The number of rotatable bonds is 6. The first-order chi connectivity index (χ1) is 8.17. The predicted molar refractivity (Wildman–Crippen MR) is 62.7 cm³/mol. The number of hydrogen-bond donors (Lipinski definition) is 2. The van der Waals surface area contributed by atoms with Gasteiger partial charge in [-0.25, -0.2) is 9.78 Å². The summed E-state index contributed by atoms with van der Waals surface area (Å²) in [4.78, 5) is 19.2. The Bertz CT molecular complexity index is 371. The van der Waals surface area contributed by atoms with Gasteiger partial charge in [0.2, 0.25) is 0 Å². The van der Waals surface area contributed by atoms with E-state index in [1.807, 2.05) is 6.92 Å². The number of aliphatic hydroxyl groups excluding tert-OH is 1. The van der Waals surface area contributed by atoms with Gasteiger partial charge in [-0.3, -0.25) is 4.98 Å². The van der Waals surface area contributed by atoms with Crippen molar-refractivity contribution in [3.8, 4) is 0 Å². The topological polar surface area (TPSA) is 84.3 Å². The zero-order chi connectivity index (χ0) is 12.7. The molecule has 1 atom stereocenters. The smallest absolute Gasteiger partial charge is 0.358 e. The fraction of sp³-hybridized carbons (Fsp3) is 0.545. The van der Waals surface area contributed by atoms with E-state index in [2.05, 4.69) is 20.0 Å². The molecule has 0 radical (unpaired) electrons. The maximum absolute atomic E-state index is 11.2. The van der Waals surface area contributed by atoms with Crippen LogP contribution in [0.4, 0.5) is 5.82 Å². The lowest BCUT2D eigenvalue weighted by molar-refractivity contribution is 0.0593. The number of hydrogen-bond acceptors (Lipinski definition) is 6. The molecule has 1 heterocycles. The molecule has 6 nitrogen and oxygen atoms in total. The summed E-state index contributed by atoms with van der Waals surface area (Å²) in [5.41, 5.74) is 0.173. The van der Waals surface area contributed by atoms with E-state index < -0.39 is 5.97 Å². The minimum atomic E-state index is -0.510. The van der Waals surface area contributed by atoms with Crippen LogP contribution in [0.1, 0.15) is 23.8 Å². The maximum atomic E-state index is 11.2. The van der Waals surface area contributed by atoms with Crippen molar-refractivity contribution in [3.63, 3.8) is 0 Å². The van der Waals surface area contributed by atoms with Crippen LogP contribution in [0.15, 0.2) is 12.4 Å². The molecule has 0 amide bonds. The molecule has 0 aromatic carbocycles. The van der Waals surface area contributed by atoms with Crippen LogP contribution < -0.4 is 5.32 Å². The van der Waals surface area contributed by atoms with Gasteiger partial charge in [-0.05, 0) is 12.3 Å².